The summed E-state index contributed by atoms with van der Waals surface area (Å²) in [5, 5.41) is 3.06. The average molecular weight is 414 g/mol. The molecule has 4 rings (SSSR count). The highest BCUT2D eigenvalue weighted by Crippen LogP contribution is 2.32. The van der Waals surface area contributed by atoms with Gasteiger partial charge in [-0.05, 0) is 67.3 Å². The van der Waals surface area contributed by atoms with Crippen LogP contribution in [0.25, 0.3) is 5.57 Å². The van der Waals surface area contributed by atoms with Gasteiger partial charge in [0.15, 0.2) is 0 Å². The number of benzene rings is 3. The number of nitrogens with zero attached hydrogens (tertiary/aromatic N) is 1. The van der Waals surface area contributed by atoms with Gasteiger partial charge < -0.3 is 5.32 Å². The van der Waals surface area contributed by atoms with Gasteiger partial charge in [-0.3, -0.25) is 14.5 Å². The normalized spacial score (nSPS) is 13.9. The fraction of sp³-hybridized carbons (Fsp3) is 0.154. The molecule has 1 aliphatic rings. The zero-order valence-electron chi connectivity index (χ0n) is 17.7. The molecule has 0 spiro atoms. The van der Waals surface area contributed by atoms with E-state index in [0.717, 1.165) is 22.3 Å². The maximum atomic E-state index is 13.4. The maximum absolute atomic E-state index is 13.4. The molecule has 0 radical (unpaired) electrons. The topological polar surface area (TPSA) is 49.4 Å². The number of carbonyl (C=O) groups is 2. The Morgan fingerprint density at radius 1 is 0.806 bits per heavy atom. The molecule has 0 fully saturated rings. The van der Waals surface area contributed by atoms with Crippen LogP contribution in [0, 0.1) is 26.6 Å². The Labute approximate surface area is 181 Å². The smallest absolute Gasteiger partial charge is 0.278 e. The van der Waals surface area contributed by atoms with Crippen molar-refractivity contribution < 1.29 is 14.0 Å². The number of hydrogen-bond donors (Lipinski definition) is 1. The lowest BCUT2D eigenvalue weighted by atomic mass is 9.99. The van der Waals surface area contributed by atoms with Crippen LogP contribution in [0.4, 0.5) is 10.1 Å². The summed E-state index contributed by atoms with van der Waals surface area (Å²) in [6.07, 6.45) is 0. The fourth-order valence-electron chi connectivity index (χ4n) is 3.55. The fourth-order valence-corrected chi connectivity index (χ4v) is 3.55. The van der Waals surface area contributed by atoms with Crippen molar-refractivity contribution in [2.75, 3.05) is 5.32 Å². The second-order valence-electron chi connectivity index (χ2n) is 7.86. The van der Waals surface area contributed by atoms with Crippen molar-refractivity contribution in [3.05, 3.63) is 106 Å². The first-order valence-electron chi connectivity index (χ1n) is 10.1. The predicted molar refractivity (Wildman–Crippen MR) is 120 cm³/mol. The van der Waals surface area contributed by atoms with Crippen LogP contribution >= 0.6 is 0 Å². The monoisotopic (exact) mass is 414 g/mol. The van der Waals surface area contributed by atoms with Gasteiger partial charge in [0.25, 0.3) is 11.8 Å². The van der Waals surface area contributed by atoms with Crippen molar-refractivity contribution in [2.24, 2.45) is 0 Å². The van der Waals surface area contributed by atoms with E-state index in [2.05, 4.69) is 5.32 Å². The number of rotatable bonds is 5. The first-order valence-corrected chi connectivity index (χ1v) is 10.1. The van der Waals surface area contributed by atoms with Gasteiger partial charge in [0.2, 0.25) is 0 Å². The molecule has 1 N–H and O–H groups in total. The van der Waals surface area contributed by atoms with Gasteiger partial charge in [-0.2, -0.15) is 0 Å². The number of carbonyl (C=O) groups excluding carboxylic acids is 2. The molecule has 1 aliphatic heterocycles. The first-order chi connectivity index (χ1) is 14.8. The molecule has 1 heterocycles. The van der Waals surface area contributed by atoms with Gasteiger partial charge in [0, 0.05) is 5.69 Å². The molecule has 4 nitrogen and oxygen atoms in total. The van der Waals surface area contributed by atoms with E-state index in [-0.39, 0.29) is 24.0 Å². The molecule has 5 heteroatoms. The van der Waals surface area contributed by atoms with Crippen molar-refractivity contribution in [3.8, 4) is 0 Å². The summed E-state index contributed by atoms with van der Waals surface area (Å²) in [6.45, 7) is 6.13. The Morgan fingerprint density at radius 2 is 1.48 bits per heavy atom. The van der Waals surface area contributed by atoms with Crippen molar-refractivity contribution in [1.82, 2.24) is 4.90 Å². The number of halogens is 1. The summed E-state index contributed by atoms with van der Waals surface area (Å²) >= 11 is 0. The lowest BCUT2D eigenvalue weighted by molar-refractivity contribution is -0.137. The molecule has 31 heavy (non-hydrogen) atoms. The van der Waals surface area contributed by atoms with E-state index in [1.54, 1.807) is 12.1 Å². The molecular formula is C26H23FN2O2. The lowest BCUT2D eigenvalue weighted by Crippen LogP contribution is -2.32. The van der Waals surface area contributed by atoms with Crippen molar-refractivity contribution in [3.63, 3.8) is 0 Å². The second-order valence-corrected chi connectivity index (χ2v) is 7.86. The first kappa shape index (κ1) is 20.5. The van der Waals surface area contributed by atoms with E-state index in [1.807, 2.05) is 63.2 Å². The van der Waals surface area contributed by atoms with Crippen LogP contribution < -0.4 is 5.32 Å². The van der Waals surface area contributed by atoms with E-state index < -0.39 is 5.91 Å². The summed E-state index contributed by atoms with van der Waals surface area (Å²) < 4.78 is 13.3. The van der Waals surface area contributed by atoms with E-state index in [4.69, 9.17) is 0 Å². The van der Waals surface area contributed by atoms with Crippen molar-refractivity contribution >= 4 is 23.1 Å². The molecule has 0 saturated carbocycles. The number of nitrogens with one attached hydrogen (secondary N) is 1. The third-order valence-corrected chi connectivity index (χ3v) is 5.54. The molecule has 156 valence electrons. The third-order valence-electron chi connectivity index (χ3n) is 5.54. The van der Waals surface area contributed by atoms with Crippen LogP contribution in [-0.2, 0) is 16.1 Å². The molecule has 0 saturated heterocycles. The molecule has 0 unspecified atom stereocenters. The molecular weight excluding hydrogens is 391 g/mol. The maximum Gasteiger partial charge on any atom is 0.278 e. The van der Waals surface area contributed by atoms with Gasteiger partial charge >= 0.3 is 0 Å². The molecule has 2 amide bonds. The molecule has 0 atom stereocenters. The van der Waals surface area contributed by atoms with Crippen molar-refractivity contribution in [2.45, 2.75) is 27.3 Å². The van der Waals surface area contributed by atoms with Gasteiger partial charge in [-0.25, -0.2) is 4.39 Å². The minimum Gasteiger partial charge on any atom is -0.350 e. The van der Waals surface area contributed by atoms with E-state index in [9.17, 15) is 14.0 Å². The summed E-state index contributed by atoms with van der Waals surface area (Å²) in [5.41, 5.74) is 5.85. The van der Waals surface area contributed by atoms with Crippen molar-refractivity contribution in [1.29, 1.82) is 0 Å². The number of anilines is 1. The Morgan fingerprint density at radius 3 is 2.13 bits per heavy atom. The largest absolute Gasteiger partial charge is 0.350 e. The molecule has 0 aromatic heterocycles. The highest BCUT2D eigenvalue weighted by molar-refractivity contribution is 6.36. The average Bonchev–Trinajstić information content (AvgIpc) is 2.97. The van der Waals surface area contributed by atoms with E-state index in [0.29, 0.717) is 16.8 Å². The van der Waals surface area contributed by atoms with Gasteiger partial charge in [0.05, 0.1) is 12.1 Å². The zero-order chi connectivity index (χ0) is 22.1. The van der Waals surface area contributed by atoms with Crippen LogP contribution in [0.3, 0.4) is 0 Å². The second kappa shape index (κ2) is 8.19. The SMILES string of the molecule is Cc1ccc(CN2C(=O)C(Nc3ccc(F)cc3)=C(c3ccc(C)c(C)c3)C2=O)cc1. The van der Waals surface area contributed by atoms with Gasteiger partial charge in [-0.1, -0.05) is 48.0 Å². The summed E-state index contributed by atoms with van der Waals surface area (Å²) in [4.78, 5) is 27.9. The van der Waals surface area contributed by atoms with Gasteiger partial charge in [0.1, 0.15) is 11.5 Å². The van der Waals surface area contributed by atoms with E-state index >= 15 is 0 Å². The molecule has 0 aliphatic carbocycles. The number of amides is 2. The van der Waals surface area contributed by atoms with Gasteiger partial charge in [-0.15, -0.1) is 0 Å². The highest BCUT2D eigenvalue weighted by Gasteiger charge is 2.39. The molecule has 3 aromatic carbocycles. The van der Waals surface area contributed by atoms with E-state index in [1.165, 1.54) is 17.0 Å². The van der Waals surface area contributed by atoms with Crippen LogP contribution in [0.15, 0.2) is 72.4 Å². The molecule has 3 aromatic rings. The standard InChI is InChI=1S/C26H23FN2O2/c1-16-4-7-19(8-5-16)15-29-25(30)23(20-9-6-17(2)18(3)14-20)24(26(29)31)28-22-12-10-21(27)11-13-22/h4-14,28H,15H2,1-3H3. The Balaban J connectivity index is 1.75. The van der Waals surface area contributed by atoms with Crippen LogP contribution in [-0.4, -0.2) is 16.7 Å². The predicted octanol–water partition coefficient (Wildman–Crippen LogP) is 5.14. The number of hydrogen-bond acceptors (Lipinski definition) is 3. The molecule has 0 bridgehead atoms. The summed E-state index contributed by atoms with van der Waals surface area (Å²) in [5.74, 6) is -1.12. The Hall–Kier alpha value is -3.73. The number of aryl methyl sites for hydroxylation is 3. The lowest BCUT2D eigenvalue weighted by Gasteiger charge is -2.15. The van der Waals surface area contributed by atoms with Crippen LogP contribution in [0.2, 0.25) is 0 Å². The quantitative estimate of drug-likeness (QED) is 0.588. The minimum absolute atomic E-state index is 0.181. The highest BCUT2D eigenvalue weighted by atomic mass is 19.1. The number of imide groups is 1. The third kappa shape index (κ3) is 4.12. The van der Waals surface area contributed by atoms with Crippen LogP contribution in [0.1, 0.15) is 27.8 Å². The minimum atomic E-state index is -0.400. The Kier molecular flexibility index (Phi) is 5.42. The summed E-state index contributed by atoms with van der Waals surface area (Å²) in [6, 6.07) is 19.1. The Bertz CT molecular complexity index is 1200. The van der Waals surface area contributed by atoms with Crippen LogP contribution in [0.5, 0.6) is 0 Å². The zero-order valence-corrected chi connectivity index (χ0v) is 17.7. The summed E-state index contributed by atoms with van der Waals surface area (Å²) in [7, 11) is 0.